The van der Waals surface area contributed by atoms with E-state index in [1.807, 2.05) is 32.0 Å². The Morgan fingerprint density at radius 2 is 1.78 bits per heavy atom. The highest BCUT2D eigenvalue weighted by atomic mass is 19.1. The molecule has 2 aromatic rings. The molecule has 32 heavy (non-hydrogen) atoms. The molecule has 0 bridgehead atoms. The largest absolute Gasteiger partial charge is 0.493 e. The van der Waals surface area contributed by atoms with Crippen molar-refractivity contribution in [2.45, 2.75) is 38.8 Å². The van der Waals surface area contributed by atoms with Gasteiger partial charge in [-0.05, 0) is 74.7 Å². The number of nitrogens with one attached hydrogen (secondary N) is 1. The third-order valence-corrected chi connectivity index (χ3v) is 5.22. The molecule has 6 nitrogen and oxygen atoms in total. The van der Waals surface area contributed by atoms with E-state index in [2.05, 4.69) is 5.32 Å². The fraction of sp³-hybridized carbons (Fsp3) is 0.360. The summed E-state index contributed by atoms with van der Waals surface area (Å²) in [5, 5.41) is 2.96. The molecule has 1 aliphatic heterocycles. The van der Waals surface area contributed by atoms with E-state index in [1.54, 1.807) is 24.2 Å². The Balaban J connectivity index is 1.51. The third kappa shape index (κ3) is 6.33. The van der Waals surface area contributed by atoms with E-state index in [1.165, 1.54) is 24.3 Å². The molecule has 2 amide bonds. The topological polar surface area (TPSA) is 67.9 Å². The summed E-state index contributed by atoms with van der Waals surface area (Å²) < 4.78 is 24.1. The number of carbonyl (C=O) groups is 2. The highest BCUT2D eigenvalue weighted by molar-refractivity contribution is 5.94. The van der Waals surface area contributed by atoms with Gasteiger partial charge in [0.15, 0.2) is 11.5 Å². The molecular weight excluding hydrogens is 411 g/mol. The van der Waals surface area contributed by atoms with Crippen LogP contribution in [0, 0.1) is 5.82 Å². The first-order valence-corrected chi connectivity index (χ1v) is 10.7. The lowest BCUT2D eigenvalue weighted by molar-refractivity contribution is -0.127. The van der Waals surface area contributed by atoms with Gasteiger partial charge in [0.1, 0.15) is 5.82 Å². The van der Waals surface area contributed by atoms with E-state index in [9.17, 15) is 14.0 Å². The van der Waals surface area contributed by atoms with Crippen LogP contribution < -0.4 is 14.8 Å². The number of benzene rings is 2. The highest BCUT2D eigenvalue weighted by Crippen LogP contribution is 2.29. The molecule has 0 radical (unpaired) electrons. The molecule has 0 saturated carbocycles. The molecule has 2 aromatic carbocycles. The first-order valence-electron chi connectivity index (χ1n) is 10.7. The van der Waals surface area contributed by atoms with Gasteiger partial charge in [-0.1, -0.05) is 6.07 Å². The van der Waals surface area contributed by atoms with Gasteiger partial charge in [0.05, 0.1) is 13.2 Å². The van der Waals surface area contributed by atoms with Gasteiger partial charge in [-0.2, -0.15) is 0 Å². The average molecular weight is 441 g/mol. The zero-order valence-corrected chi connectivity index (χ0v) is 18.6. The minimum atomic E-state index is -0.375. The molecule has 3 rings (SSSR count). The molecule has 1 saturated heterocycles. The summed E-state index contributed by atoms with van der Waals surface area (Å²) in [5.74, 6) is 0.602. The summed E-state index contributed by atoms with van der Waals surface area (Å²) in [7, 11) is 1.58. The van der Waals surface area contributed by atoms with Crippen molar-refractivity contribution in [2.75, 3.05) is 20.2 Å². The van der Waals surface area contributed by atoms with Crippen molar-refractivity contribution in [3.05, 3.63) is 65.5 Å². The van der Waals surface area contributed by atoms with Crippen molar-refractivity contribution in [3.8, 4) is 11.5 Å². The fourth-order valence-corrected chi connectivity index (χ4v) is 3.53. The molecule has 0 atom stereocenters. The molecular formula is C25H29FN2O4. The van der Waals surface area contributed by atoms with Crippen LogP contribution in [0.25, 0.3) is 6.08 Å². The minimum absolute atomic E-state index is 0.0154. The van der Waals surface area contributed by atoms with E-state index in [0.717, 1.165) is 5.56 Å². The van der Waals surface area contributed by atoms with Gasteiger partial charge in [-0.3, -0.25) is 9.59 Å². The smallest absolute Gasteiger partial charge is 0.251 e. The molecule has 0 aromatic heterocycles. The van der Waals surface area contributed by atoms with Crippen LogP contribution in [0.1, 0.15) is 42.6 Å². The molecule has 0 unspecified atom stereocenters. The quantitative estimate of drug-likeness (QED) is 0.660. The summed E-state index contributed by atoms with van der Waals surface area (Å²) in [4.78, 5) is 26.6. The van der Waals surface area contributed by atoms with Crippen LogP contribution in [-0.2, 0) is 4.79 Å². The lowest BCUT2D eigenvalue weighted by atomic mass is 10.0. The first-order chi connectivity index (χ1) is 15.4. The van der Waals surface area contributed by atoms with E-state index < -0.39 is 0 Å². The number of hydrogen-bond donors (Lipinski definition) is 1. The van der Waals surface area contributed by atoms with E-state index in [-0.39, 0.29) is 29.8 Å². The van der Waals surface area contributed by atoms with Crippen LogP contribution in [0.5, 0.6) is 11.5 Å². The number of hydrogen-bond acceptors (Lipinski definition) is 4. The second-order valence-corrected chi connectivity index (χ2v) is 7.99. The molecule has 0 aliphatic carbocycles. The Bertz CT molecular complexity index is 964. The summed E-state index contributed by atoms with van der Waals surface area (Å²) in [6, 6.07) is 11.0. The summed E-state index contributed by atoms with van der Waals surface area (Å²) >= 11 is 0. The predicted molar refractivity (Wildman–Crippen MR) is 121 cm³/mol. The number of carbonyl (C=O) groups excluding carboxylic acids is 2. The highest BCUT2D eigenvalue weighted by Gasteiger charge is 2.23. The van der Waals surface area contributed by atoms with Crippen molar-refractivity contribution in [1.82, 2.24) is 10.2 Å². The minimum Gasteiger partial charge on any atom is -0.493 e. The van der Waals surface area contributed by atoms with E-state index >= 15 is 0 Å². The van der Waals surface area contributed by atoms with Gasteiger partial charge < -0.3 is 19.7 Å². The number of nitrogens with zero attached hydrogens (tertiary/aromatic N) is 1. The molecule has 170 valence electrons. The van der Waals surface area contributed by atoms with E-state index in [4.69, 9.17) is 9.47 Å². The normalized spacial score (nSPS) is 14.6. The number of piperidine rings is 1. The first kappa shape index (κ1) is 23.3. The second kappa shape index (κ2) is 10.8. The van der Waals surface area contributed by atoms with Crippen molar-refractivity contribution in [3.63, 3.8) is 0 Å². The molecule has 1 heterocycles. The van der Waals surface area contributed by atoms with Crippen molar-refractivity contribution >= 4 is 17.9 Å². The average Bonchev–Trinajstić information content (AvgIpc) is 2.78. The van der Waals surface area contributed by atoms with Gasteiger partial charge in [-0.15, -0.1) is 0 Å². The maximum atomic E-state index is 13.0. The standard InChI is InChI=1S/C25H29FN2O4/c1-17(2)32-22-10-4-18(16-23(22)31-3)5-11-24(29)28-14-12-21(13-15-28)27-25(30)19-6-8-20(26)9-7-19/h4-11,16-17,21H,12-15H2,1-3H3,(H,27,30)/b11-5+. The number of ether oxygens (including phenoxy) is 2. The number of halogens is 1. The molecule has 1 aliphatic rings. The van der Waals surface area contributed by atoms with Gasteiger partial charge in [0, 0.05) is 30.8 Å². The molecule has 1 fully saturated rings. The number of rotatable bonds is 7. The Hall–Kier alpha value is -3.35. The van der Waals surface area contributed by atoms with Crippen LogP contribution in [-0.4, -0.2) is 49.1 Å². The van der Waals surface area contributed by atoms with Crippen LogP contribution in [0.3, 0.4) is 0 Å². The Morgan fingerprint density at radius 1 is 1.09 bits per heavy atom. The van der Waals surface area contributed by atoms with Crippen molar-refractivity contribution in [1.29, 1.82) is 0 Å². The second-order valence-electron chi connectivity index (χ2n) is 7.99. The predicted octanol–water partition coefficient (Wildman–Crippen LogP) is 4.06. The maximum Gasteiger partial charge on any atom is 0.251 e. The van der Waals surface area contributed by atoms with Crippen LogP contribution in [0.2, 0.25) is 0 Å². The van der Waals surface area contributed by atoms with Crippen LogP contribution >= 0.6 is 0 Å². The van der Waals surface area contributed by atoms with Crippen LogP contribution in [0.4, 0.5) is 4.39 Å². The van der Waals surface area contributed by atoms with Gasteiger partial charge in [-0.25, -0.2) is 4.39 Å². The zero-order chi connectivity index (χ0) is 23.1. The Labute approximate surface area is 188 Å². The summed E-state index contributed by atoms with van der Waals surface area (Å²) in [6.45, 7) is 5.01. The fourth-order valence-electron chi connectivity index (χ4n) is 3.53. The summed E-state index contributed by atoms with van der Waals surface area (Å²) in [6.07, 6.45) is 4.68. The lowest BCUT2D eigenvalue weighted by Gasteiger charge is -2.31. The zero-order valence-electron chi connectivity index (χ0n) is 18.6. The lowest BCUT2D eigenvalue weighted by Crippen LogP contribution is -2.46. The molecule has 0 spiro atoms. The summed E-state index contributed by atoms with van der Waals surface area (Å²) in [5.41, 5.74) is 1.26. The van der Waals surface area contributed by atoms with Crippen LogP contribution in [0.15, 0.2) is 48.5 Å². The number of likely N-dealkylation sites (tertiary alicyclic amines) is 1. The Morgan fingerprint density at radius 3 is 2.41 bits per heavy atom. The SMILES string of the molecule is COc1cc(/C=C/C(=O)N2CCC(NC(=O)c3ccc(F)cc3)CC2)ccc1OC(C)C. The van der Waals surface area contributed by atoms with Gasteiger partial charge in [0.2, 0.25) is 5.91 Å². The monoisotopic (exact) mass is 440 g/mol. The van der Waals surface area contributed by atoms with E-state index in [0.29, 0.717) is 43.0 Å². The number of amides is 2. The maximum absolute atomic E-state index is 13.0. The van der Waals surface area contributed by atoms with Gasteiger partial charge >= 0.3 is 0 Å². The van der Waals surface area contributed by atoms with Crippen molar-refractivity contribution < 1.29 is 23.5 Å². The molecule has 7 heteroatoms. The van der Waals surface area contributed by atoms with Crippen molar-refractivity contribution in [2.24, 2.45) is 0 Å². The van der Waals surface area contributed by atoms with Gasteiger partial charge in [0.25, 0.3) is 5.91 Å². The molecule has 1 N–H and O–H groups in total. The third-order valence-electron chi connectivity index (χ3n) is 5.22. The Kier molecular flexibility index (Phi) is 7.87. The number of methoxy groups -OCH3 is 1.